The van der Waals surface area contributed by atoms with Crippen molar-refractivity contribution >= 4 is 15.9 Å². The summed E-state index contributed by atoms with van der Waals surface area (Å²) in [5.74, 6) is 0.789. The van der Waals surface area contributed by atoms with Crippen molar-refractivity contribution in [3.8, 4) is 5.75 Å². The molecule has 0 radical (unpaired) electrons. The van der Waals surface area contributed by atoms with E-state index in [0.29, 0.717) is 0 Å². The maximum atomic E-state index is 5.49. The first kappa shape index (κ1) is 9.26. The molecule has 0 saturated heterocycles. The van der Waals surface area contributed by atoms with Crippen LogP contribution in [0.3, 0.4) is 0 Å². The fraction of sp³-hybridized carbons (Fsp3) is 0.222. The van der Waals surface area contributed by atoms with Crippen molar-refractivity contribution in [1.82, 2.24) is 4.98 Å². The van der Waals surface area contributed by atoms with Crippen molar-refractivity contribution in [1.29, 1.82) is 0 Å². The summed E-state index contributed by atoms with van der Waals surface area (Å²) in [7, 11) is 0. The van der Waals surface area contributed by atoms with Crippen LogP contribution in [0.15, 0.2) is 35.6 Å². The number of rotatable bonds is 3. The highest BCUT2D eigenvalue weighted by Crippen LogP contribution is 2.23. The van der Waals surface area contributed by atoms with E-state index < -0.39 is 0 Å². The van der Waals surface area contributed by atoms with Gasteiger partial charge in [-0.3, -0.25) is 4.98 Å². The van der Waals surface area contributed by atoms with Crippen LogP contribution in [0.1, 0.15) is 6.92 Å². The molecule has 0 N–H and O–H groups in total. The lowest BCUT2D eigenvalue weighted by Crippen LogP contribution is -2.07. The highest BCUT2D eigenvalue weighted by molar-refractivity contribution is 9.10. The summed E-state index contributed by atoms with van der Waals surface area (Å²) in [5, 5.41) is 0. The lowest BCUT2D eigenvalue weighted by Gasteiger charge is -2.10. The third kappa shape index (κ3) is 2.34. The molecule has 1 aromatic heterocycles. The minimum atomic E-state index is 0.0173. The third-order valence-electron chi connectivity index (χ3n) is 1.38. The summed E-state index contributed by atoms with van der Waals surface area (Å²) < 4.78 is 6.35. The van der Waals surface area contributed by atoms with Crippen LogP contribution in [0.4, 0.5) is 0 Å². The Morgan fingerprint density at radius 2 is 2.50 bits per heavy atom. The molecular weight excluding hydrogens is 218 g/mol. The van der Waals surface area contributed by atoms with Gasteiger partial charge in [0, 0.05) is 12.4 Å². The second kappa shape index (κ2) is 4.26. The van der Waals surface area contributed by atoms with Crippen LogP contribution in [0.25, 0.3) is 0 Å². The largest absolute Gasteiger partial charge is 0.485 e. The Kier molecular flexibility index (Phi) is 3.29. The molecular formula is C9H10BrNO. The van der Waals surface area contributed by atoms with Gasteiger partial charge in [-0.2, -0.15) is 0 Å². The Bertz CT molecular complexity index is 275. The van der Waals surface area contributed by atoms with Crippen LogP contribution < -0.4 is 4.74 Å². The second-order valence-corrected chi connectivity index (χ2v) is 3.22. The van der Waals surface area contributed by atoms with Gasteiger partial charge in [-0.1, -0.05) is 12.7 Å². The molecule has 3 heteroatoms. The van der Waals surface area contributed by atoms with Crippen LogP contribution in [-0.2, 0) is 0 Å². The Balaban J connectivity index is 2.75. The van der Waals surface area contributed by atoms with E-state index in [0.717, 1.165) is 10.2 Å². The molecule has 0 amide bonds. The van der Waals surface area contributed by atoms with E-state index in [2.05, 4.69) is 27.5 Å². The number of aromatic nitrogens is 1. The van der Waals surface area contributed by atoms with E-state index in [9.17, 15) is 0 Å². The highest BCUT2D eigenvalue weighted by Gasteiger charge is 2.02. The van der Waals surface area contributed by atoms with Crippen molar-refractivity contribution in [3.63, 3.8) is 0 Å². The molecule has 0 aliphatic carbocycles. The first-order chi connectivity index (χ1) is 5.74. The monoisotopic (exact) mass is 227 g/mol. The summed E-state index contributed by atoms with van der Waals surface area (Å²) in [6.07, 6.45) is 5.15. The molecule has 1 aromatic rings. The zero-order valence-corrected chi connectivity index (χ0v) is 8.41. The molecule has 0 aliphatic rings. The molecule has 64 valence electrons. The van der Waals surface area contributed by atoms with Gasteiger partial charge in [-0.05, 0) is 28.9 Å². The average Bonchev–Trinajstić information content (AvgIpc) is 2.09. The molecule has 0 aliphatic heterocycles. The molecule has 0 saturated carbocycles. The Morgan fingerprint density at radius 1 is 1.75 bits per heavy atom. The van der Waals surface area contributed by atoms with Gasteiger partial charge in [0.2, 0.25) is 0 Å². The Hall–Kier alpha value is -0.830. The average molecular weight is 228 g/mol. The van der Waals surface area contributed by atoms with Crippen molar-refractivity contribution in [2.75, 3.05) is 0 Å². The topological polar surface area (TPSA) is 22.1 Å². The predicted molar refractivity (Wildman–Crippen MR) is 52.2 cm³/mol. The van der Waals surface area contributed by atoms with Crippen molar-refractivity contribution < 1.29 is 4.74 Å². The minimum absolute atomic E-state index is 0.0173. The third-order valence-corrected chi connectivity index (χ3v) is 1.98. The van der Waals surface area contributed by atoms with Crippen molar-refractivity contribution in [2.24, 2.45) is 0 Å². The van der Waals surface area contributed by atoms with E-state index in [4.69, 9.17) is 4.74 Å². The predicted octanol–water partition coefficient (Wildman–Crippen LogP) is 2.80. The summed E-state index contributed by atoms with van der Waals surface area (Å²) in [5.41, 5.74) is 0. The summed E-state index contributed by atoms with van der Waals surface area (Å²) in [6.45, 7) is 5.56. The van der Waals surface area contributed by atoms with Crippen LogP contribution in [0.5, 0.6) is 5.75 Å². The van der Waals surface area contributed by atoms with E-state index >= 15 is 0 Å². The molecule has 0 fully saturated rings. The van der Waals surface area contributed by atoms with Gasteiger partial charge in [0.25, 0.3) is 0 Å². The minimum Gasteiger partial charge on any atom is -0.485 e. The number of hydrogen-bond acceptors (Lipinski definition) is 2. The fourth-order valence-electron chi connectivity index (χ4n) is 0.706. The summed E-state index contributed by atoms with van der Waals surface area (Å²) in [6, 6.07) is 1.81. The van der Waals surface area contributed by atoms with Crippen LogP contribution in [0.2, 0.25) is 0 Å². The SMILES string of the molecule is C=C[C@@H](C)Oc1ccncc1Br. The smallest absolute Gasteiger partial charge is 0.137 e. The molecule has 12 heavy (non-hydrogen) atoms. The van der Waals surface area contributed by atoms with Gasteiger partial charge in [0.05, 0.1) is 4.47 Å². The fourth-order valence-corrected chi connectivity index (χ4v) is 1.05. The van der Waals surface area contributed by atoms with E-state index in [-0.39, 0.29) is 6.10 Å². The van der Waals surface area contributed by atoms with Gasteiger partial charge in [-0.15, -0.1) is 0 Å². The number of hydrogen-bond donors (Lipinski definition) is 0. The molecule has 1 rings (SSSR count). The Labute approximate surface area is 80.4 Å². The molecule has 1 heterocycles. The van der Waals surface area contributed by atoms with E-state index in [1.54, 1.807) is 18.5 Å². The van der Waals surface area contributed by atoms with Gasteiger partial charge < -0.3 is 4.74 Å². The quantitative estimate of drug-likeness (QED) is 0.742. The number of pyridine rings is 1. The summed E-state index contributed by atoms with van der Waals surface area (Å²) in [4.78, 5) is 3.93. The molecule has 0 bridgehead atoms. The van der Waals surface area contributed by atoms with Crippen LogP contribution >= 0.6 is 15.9 Å². The lowest BCUT2D eigenvalue weighted by molar-refractivity contribution is 0.268. The normalized spacial score (nSPS) is 12.2. The lowest BCUT2D eigenvalue weighted by atomic mass is 10.4. The maximum absolute atomic E-state index is 5.49. The van der Waals surface area contributed by atoms with Gasteiger partial charge in [0.15, 0.2) is 0 Å². The standard InChI is InChI=1S/C9H10BrNO/c1-3-7(2)12-9-4-5-11-6-8(9)10/h3-7H,1H2,2H3/t7-/m1/s1. The Morgan fingerprint density at radius 3 is 3.08 bits per heavy atom. The summed E-state index contributed by atoms with van der Waals surface area (Å²) >= 11 is 3.33. The zero-order chi connectivity index (χ0) is 8.97. The second-order valence-electron chi connectivity index (χ2n) is 2.36. The van der Waals surface area contributed by atoms with E-state index in [1.807, 2.05) is 13.0 Å². The van der Waals surface area contributed by atoms with Crippen molar-refractivity contribution in [2.45, 2.75) is 13.0 Å². The van der Waals surface area contributed by atoms with Crippen LogP contribution in [0, 0.1) is 0 Å². The number of ether oxygens (including phenoxy) is 1. The van der Waals surface area contributed by atoms with Gasteiger partial charge in [-0.25, -0.2) is 0 Å². The number of nitrogens with zero attached hydrogens (tertiary/aromatic N) is 1. The maximum Gasteiger partial charge on any atom is 0.137 e. The highest BCUT2D eigenvalue weighted by atomic mass is 79.9. The zero-order valence-electron chi connectivity index (χ0n) is 6.83. The molecule has 1 atom stereocenters. The van der Waals surface area contributed by atoms with Gasteiger partial charge >= 0.3 is 0 Å². The molecule has 0 unspecified atom stereocenters. The van der Waals surface area contributed by atoms with Crippen molar-refractivity contribution in [3.05, 3.63) is 35.6 Å². The van der Waals surface area contributed by atoms with Crippen LogP contribution in [-0.4, -0.2) is 11.1 Å². The molecule has 2 nitrogen and oxygen atoms in total. The molecule has 0 aromatic carbocycles. The van der Waals surface area contributed by atoms with Gasteiger partial charge in [0.1, 0.15) is 11.9 Å². The molecule has 0 spiro atoms. The van der Waals surface area contributed by atoms with E-state index in [1.165, 1.54) is 0 Å². The number of halogens is 1. The first-order valence-electron chi connectivity index (χ1n) is 3.62. The first-order valence-corrected chi connectivity index (χ1v) is 4.42.